The fraction of sp³-hybridized carbons (Fsp3) is 0.250. The minimum atomic E-state index is -0.473. The van der Waals surface area contributed by atoms with E-state index in [0.717, 1.165) is 21.9 Å². The maximum Gasteiger partial charge on any atom is 0.310 e. The third kappa shape index (κ3) is 4.54. The predicted molar refractivity (Wildman–Crippen MR) is 113 cm³/mol. The van der Waals surface area contributed by atoms with E-state index in [4.69, 9.17) is 14.2 Å². The average Bonchev–Trinajstić information content (AvgIpc) is 2.77. The first-order valence-corrected chi connectivity index (χ1v) is 9.91. The zero-order chi connectivity index (χ0) is 20.9. The number of rotatable bonds is 6. The zero-order valence-electron chi connectivity index (χ0n) is 16.7. The summed E-state index contributed by atoms with van der Waals surface area (Å²) in [4.78, 5) is 24.4. The number of carbonyl (C=O) groups excluding carboxylic acids is 2. The molecule has 1 amide bonds. The van der Waals surface area contributed by atoms with Crippen molar-refractivity contribution >= 4 is 22.6 Å². The van der Waals surface area contributed by atoms with Crippen LogP contribution in [0.15, 0.2) is 60.7 Å². The van der Waals surface area contributed by atoms with Gasteiger partial charge in [0.2, 0.25) is 0 Å². The molecule has 1 heterocycles. The highest BCUT2D eigenvalue weighted by Crippen LogP contribution is 2.31. The first-order valence-electron chi connectivity index (χ1n) is 9.91. The Bertz CT molecular complexity index is 1070. The second-order valence-electron chi connectivity index (χ2n) is 7.17. The first kappa shape index (κ1) is 19.8. The van der Waals surface area contributed by atoms with E-state index < -0.39 is 5.97 Å². The van der Waals surface area contributed by atoms with Crippen LogP contribution in [-0.4, -0.2) is 31.7 Å². The van der Waals surface area contributed by atoms with Crippen molar-refractivity contribution < 1.29 is 23.8 Å². The number of hydrogen-bond acceptors (Lipinski definition) is 5. The van der Waals surface area contributed by atoms with Crippen LogP contribution in [0.2, 0.25) is 0 Å². The van der Waals surface area contributed by atoms with Crippen LogP contribution in [0.4, 0.5) is 0 Å². The van der Waals surface area contributed by atoms with E-state index in [1.54, 1.807) is 18.2 Å². The number of fused-ring (bicyclic) bond motifs is 2. The van der Waals surface area contributed by atoms with Crippen molar-refractivity contribution in [2.45, 2.75) is 19.4 Å². The molecule has 0 spiro atoms. The van der Waals surface area contributed by atoms with Gasteiger partial charge in [0.25, 0.3) is 5.91 Å². The van der Waals surface area contributed by atoms with Crippen molar-refractivity contribution in [3.05, 3.63) is 71.8 Å². The minimum Gasteiger partial charge on any atom is -0.486 e. The Labute approximate surface area is 174 Å². The lowest BCUT2D eigenvalue weighted by Gasteiger charge is -2.18. The average molecular weight is 405 g/mol. The van der Waals surface area contributed by atoms with Gasteiger partial charge < -0.3 is 19.5 Å². The second kappa shape index (κ2) is 8.86. The third-order valence-corrected chi connectivity index (χ3v) is 4.99. The van der Waals surface area contributed by atoms with Crippen molar-refractivity contribution in [3.63, 3.8) is 0 Å². The molecule has 0 aromatic heterocycles. The Morgan fingerprint density at radius 2 is 1.77 bits per heavy atom. The topological polar surface area (TPSA) is 73.9 Å². The summed E-state index contributed by atoms with van der Waals surface area (Å²) in [6.07, 6.45) is 0.0583. The Hall–Kier alpha value is -3.54. The highest BCUT2D eigenvalue weighted by molar-refractivity contribution is 5.87. The highest BCUT2D eigenvalue weighted by Gasteiger charge is 2.16. The summed E-state index contributed by atoms with van der Waals surface area (Å²) >= 11 is 0. The number of esters is 1. The van der Waals surface area contributed by atoms with Gasteiger partial charge in [-0.25, -0.2) is 0 Å². The Morgan fingerprint density at radius 3 is 2.63 bits per heavy atom. The molecule has 0 fully saturated rings. The van der Waals surface area contributed by atoms with Crippen LogP contribution in [-0.2, 0) is 20.7 Å². The van der Waals surface area contributed by atoms with E-state index >= 15 is 0 Å². The third-order valence-electron chi connectivity index (χ3n) is 4.99. The number of benzene rings is 3. The van der Waals surface area contributed by atoms with Crippen LogP contribution in [0.5, 0.6) is 11.5 Å². The molecule has 4 rings (SSSR count). The summed E-state index contributed by atoms with van der Waals surface area (Å²) < 4.78 is 16.1. The molecule has 0 unspecified atom stereocenters. The smallest absolute Gasteiger partial charge is 0.310 e. The van der Waals surface area contributed by atoms with Gasteiger partial charge in [-0.05, 0) is 41.0 Å². The molecule has 0 radical (unpaired) electrons. The van der Waals surface area contributed by atoms with Gasteiger partial charge in [-0.2, -0.15) is 0 Å². The van der Waals surface area contributed by atoms with Gasteiger partial charge in [-0.1, -0.05) is 48.5 Å². The van der Waals surface area contributed by atoms with Gasteiger partial charge in [-0.15, -0.1) is 0 Å². The molecule has 1 N–H and O–H groups in total. The molecule has 1 aliphatic rings. The minimum absolute atomic E-state index is 0.0583. The Morgan fingerprint density at radius 1 is 1.00 bits per heavy atom. The van der Waals surface area contributed by atoms with Crippen molar-refractivity contribution in [3.8, 4) is 11.5 Å². The van der Waals surface area contributed by atoms with E-state index in [0.29, 0.717) is 24.7 Å². The lowest BCUT2D eigenvalue weighted by molar-refractivity contribution is -0.148. The predicted octanol–water partition coefficient (Wildman–Crippen LogP) is 3.57. The van der Waals surface area contributed by atoms with E-state index in [9.17, 15) is 9.59 Å². The maximum atomic E-state index is 12.3. The maximum absolute atomic E-state index is 12.3. The summed E-state index contributed by atoms with van der Waals surface area (Å²) in [7, 11) is 0. The summed E-state index contributed by atoms with van der Waals surface area (Å²) in [6.45, 7) is 2.59. The van der Waals surface area contributed by atoms with E-state index in [-0.39, 0.29) is 25.0 Å². The van der Waals surface area contributed by atoms with Gasteiger partial charge >= 0.3 is 5.97 Å². The molecular formula is C24H23NO5. The summed E-state index contributed by atoms with van der Waals surface area (Å²) in [5.41, 5.74) is 1.76. The van der Waals surface area contributed by atoms with Crippen LogP contribution >= 0.6 is 0 Å². The lowest BCUT2D eigenvalue weighted by Crippen LogP contribution is -2.31. The second-order valence-corrected chi connectivity index (χ2v) is 7.17. The molecule has 154 valence electrons. The monoisotopic (exact) mass is 405 g/mol. The first-order chi connectivity index (χ1) is 14.6. The molecule has 0 saturated heterocycles. The van der Waals surface area contributed by atoms with Crippen molar-refractivity contribution in [1.29, 1.82) is 0 Å². The molecule has 0 saturated carbocycles. The van der Waals surface area contributed by atoms with Crippen molar-refractivity contribution in [2.75, 3.05) is 19.8 Å². The number of carbonyl (C=O) groups is 2. The quantitative estimate of drug-likeness (QED) is 0.635. The number of nitrogens with one attached hydrogen (secondary N) is 1. The van der Waals surface area contributed by atoms with Crippen LogP contribution in [0.25, 0.3) is 10.8 Å². The Kier molecular flexibility index (Phi) is 5.84. The molecule has 3 aromatic carbocycles. The van der Waals surface area contributed by atoms with Crippen molar-refractivity contribution in [2.24, 2.45) is 0 Å². The SMILES string of the molecule is C[C@H](NC(=O)COC(=O)Cc1ccc2c(c1)OCCO2)c1cccc2ccccc12. The van der Waals surface area contributed by atoms with E-state index in [2.05, 4.69) is 5.32 Å². The lowest BCUT2D eigenvalue weighted by atomic mass is 10.00. The summed E-state index contributed by atoms with van der Waals surface area (Å²) in [6, 6.07) is 19.1. The fourth-order valence-electron chi connectivity index (χ4n) is 3.55. The molecule has 1 atom stereocenters. The number of amides is 1. The van der Waals surface area contributed by atoms with Gasteiger partial charge in [0.1, 0.15) is 13.2 Å². The Balaban J connectivity index is 1.30. The molecule has 3 aromatic rings. The van der Waals surface area contributed by atoms with Crippen LogP contribution in [0.1, 0.15) is 24.1 Å². The largest absolute Gasteiger partial charge is 0.486 e. The van der Waals surface area contributed by atoms with Crippen LogP contribution < -0.4 is 14.8 Å². The zero-order valence-corrected chi connectivity index (χ0v) is 16.7. The molecule has 6 nitrogen and oxygen atoms in total. The molecular weight excluding hydrogens is 382 g/mol. The fourth-order valence-corrected chi connectivity index (χ4v) is 3.55. The number of hydrogen-bond donors (Lipinski definition) is 1. The normalized spacial score (nSPS) is 13.5. The molecule has 0 aliphatic carbocycles. The van der Waals surface area contributed by atoms with E-state index in [1.165, 1.54) is 0 Å². The standard InChI is InChI=1S/C24H23NO5/c1-16(19-8-4-6-18-5-2-3-7-20(18)19)25-23(26)15-30-24(27)14-17-9-10-21-22(13-17)29-12-11-28-21/h2-10,13,16H,11-12,14-15H2,1H3,(H,25,26)/t16-/m0/s1. The summed E-state index contributed by atoms with van der Waals surface area (Å²) in [5, 5.41) is 5.10. The molecule has 6 heteroatoms. The molecule has 1 aliphatic heterocycles. The number of ether oxygens (including phenoxy) is 3. The van der Waals surface area contributed by atoms with Gasteiger partial charge in [0.05, 0.1) is 12.5 Å². The summed E-state index contributed by atoms with van der Waals surface area (Å²) in [5.74, 6) is 0.471. The van der Waals surface area contributed by atoms with Crippen molar-refractivity contribution in [1.82, 2.24) is 5.32 Å². The van der Waals surface area contributed by atoms with Gasteiger partial charge in [0.15, 0.2) is 18.1 Å². The molecule has 0 bridgehead atoms. The van der Waals surface area contributed by atoms with Crippen LogP contribution in [0.3, 0.4) is 0 Å². The van der Waals surface area contributed by atoms with Gasteiger partial charge in [-0.3, -0.25) is 9.59 Å². The highest BCUT2D eigenvalue weighted by atomic mass is 16.6. The molecule has 30 heavy (non-hydrogen) atoms. The van der Waals surface area contributed by atoms with Crippen LogP contribution in [0, 0.1) is 0 Å². The van der Waals surface area contributed by atoms with E-state index in [1.807, 2.05) is 49.4 Å². The van der Waals surface area contributed by atoms with Gasteiger partial charge in [0, 0.05) is 0 Å².